The first-order chi connectivity index (χ1) is 12.0. The first-order valence-corrected chi connectivity index (χ1v) is 8.34. The molecule has 5 nitrogen and oxygen atoms in total. The SMILES string of the molecule is O=C(COC(=O)COc1ccccc1Cl)NCCc1ccc(Cl)cc1. The Balaban J connectivity index is 1.61. The summed E-state index contributed by atoms with van der Waals surface area (Å²) in [5, 5.41) is 3.74. The molecule has 0 heterocycles. The maximum absolute atomic E-state index is 11.6. The molecule has 1 amide bonds. The number of ether oxygens (including phenoxy) is 2. The van der Waals surface area contributed by atoms with Crippen LogP contribution in [-0.2, 0) is 20.7 Å². The van der Waals surface area contributed by atoms with Crippen LogP contribution in [0.5, 0.6) is 5.75 Å². The molecular formula is C18H17Cl2NO4. The van der Waals surface area contributed by atoms with Crippen LogP contribution in [0.25, 0.3) is 0 Å². The predicted octanol–water partition coefficient (Wildman–Crippen LogP) is 3.27. The molecule has 25 heavy (non-hydrogen) atoms. The Bertz CT molecular complexity index is 719. The molecule has 0 aromatic heterocycles. The lowest BCUT2D eigenvalue weighted by Crippen LogP contribution is -2.31. The molecule has 0 spiro atoms. The second-order valence-electron chi connectivity index (χ2n) is 5.11. The number of nitrogens with one attached hydrogen (secondary N) is 1. The van der Waals surface area contributed by atoms with Gasteiger partial charge >= 0.3 is 5.97 Å². The molecule has 2 rings (SSSR count). The van der Waals surface area contributed by atoms with Gasteiger partial charge in [-0.05, 0) is 36.2 Å². The molecule has 0 saturated carbocycles. The summed E-state index contributed by atoms with van der Waals surface area (Å²) in [4.78, 5) is 23.2. The van der Waals surface area contributed by atoms with Crippen molar-refractivity contribution in [1.82, 2.24) is 5.32 Å². The maximum Gasteiger partial charge on any atom is 0.344 e. The van der Waals surface area contributed by atoms with E-state index in [0.29, 0.717) is 28.8 Å². The second kappa shape index (κ2) is 9.91. The summed E-state index contributed by atoms with van der Waals surface area (Å²) in [6.45, 7) is -0.235. The van der Waals surface area contributed by atoms with E-state index in [1.165, 1.54) is 0 Å². The molecule has 0 fully saturated rings. The summed E-state index contributed by atoms with van der Waals surface area (Å²) >= 11 is 11.7. The van der Waals surface area contributed by atoms with Gasteiger partial charge in [0.2, 0.25) is 0 Å². The fraction of sp³-hybridized carbons (Fsp3) is 0.222. The molecule has 0 aliphatic heterocycles. The van der Waals surface area contributed by atoms with Gasteiger partial charge in [0.1, 0.15) is 5.75 Å². The summed E-state index contributed by atoms with van der Waals surface area (Å²) in [7, 11) is 0. The van der Waals surface area contributed by atoms with Crippen LogP contribution in [0.2, 0.25) is 10.0 Å². The summed E-state index contributed by atoms with van der Waals surface area (Å²) in [6, 6.07) is 14.1. The van der Waals surface area contributed by atoms with E-state index in [2.05, 4.69) is 5.32 Å². The zero-order valence-electron chi connectivity index (χ0n) is 13.3. The Kier molecular flexibility index (Phi) is 7.57. The third-order valence-corrected chi connectivity index (χ3v) is 3.76. The number of benzene rings is 2. The summed E-state index contributed by atoms with van der Waals surface area (Å²) in [5.41, 5.74) is 1.05. The van der Waals surface area contributed by atoms with Crippen molar-refractivity contribution in [2.45, 2.75) is 6.42 Å². The number of amides is 1. The summed E-state index contributed by atoms with van der Waals surface area (Å²) < 4.78 is 10.1. The normalized spacial score (nSPS) is 10.2. The minimum absolute atomic E-state index is 0.318. The van der Waals surface area contributed by atoms with Crippen molar-refractivity contribution >= 4 is 35.1 Å². The standard InChI is InChI=1S/C18H17Cl2NO4/c19-14-7-5-13(6-8-14)9-10-21-17(22)11-25-18(23)12-24-16-4-2-1-3-15(16)20/h1-8H,9-12H2,(H,21,22). The Morgan fingerprint density at radius 2 is 1.68 bits per heavy atom. The second-order valence-corrected chi connectivity index (χ2v) is 5.95. The highest BCUT2D eigenvalue weighted by atomic mass is 35.5. The number of hydrogen-bond donors (Lipinski definition) is 1. The van der Waals surface area contributed by atoms with E-state index in [4.69, 9.17) is 32.7 Å². The van der Waals surface area contributed by atoms with Gasteiger partial charge in [0, 0.05) is 11.6 Å². The van der Waals surface area contributed by atoms with E-state index in [-0.39, 0.29) is 19.1 Å². The maximum atomic E-state index is 11.6. The van der Waals surface area contributed by atoms with Gasteiger partial charge in [0.05, 0.1) is 5.02 Å². The molecule has 0 aliphatic carbocycles. The number of carbonyl (C=O) groups is 2. The number of esters is 1. The quantitative estimate of drug-likeness (QED) is 0.712. The molecule has 0 bridgehead atoms. The van der Waals surface area contributed by atoms with Gasteiger partial charge in [-0.25, -0.2) is 4.79 Å². The zero-order valence-corrected chi connectivity index (χ0v) is 14.8. The molecule has 2 aromatic rings. The fourth-order valence-electron chi connectivity index (χ4n) is 1.93. The molecule has 7 heteroatoms. The highest BCUT2D eigenvalue weighted by Crippen LogP contribution is 2.22. The lowest BCUT2D eigenvalue weighted by atomic mass is 10.1. The van der Waals surface area contributed by atoms with E-state index in [1.807, 2.05) is 12.1 Å². The minimum atomic E-state index is -0.646. The monoisotopic (exact) mass is 381 g/mol. The largest absolute Gasteiger partial charge is 0.480 e. The van der Waals surface area contributed by atoms with Gasteiger partial charge in [-0.2, -0.15) is 0 Å². The van der Waals surface area contributed by atoms with Crippen molar-refractivity contribution in [2.24, 2.45) is 0 Å². The number of hydrogen-bond acceptors (Lipinski definition) is 4. The Morgan fingerprint density at radius 3 is 2.40 bits per heavy atom. The number of carbonyl (C=O) groups excluding carboxylic acids is 2. The topological polar surface area (TPSA) is 64.6 Å². The Morgan fingerprint density at radius 1 is 0.960 bits per heavy atom. The van der Waals surface area contributed by atoms with Crippen molar-refractivity contribution in [2.75, 3.05) is 19.8 Å². The van der Waals surface area contributed by atoms with Crippen LogP contribution in [0, 0.1) is 0 Å². The van der Waals surface area contributed by atoms with Gasteiger partial charge in [-0.3, -0.25) is 4.79 Å². The van der Waals surface area contributed by atoms with Gasteiger partial charge in [-0.15, -0.1) is 0 Å². The van der Waals surface area contributed by atoms with Crippen LogP contribution in [0.4, 0.5) is 0 Å². The van der Waals surface area contributed by atoms with Crippen molar-refractivity contribution in [3.63, 3.8) is 0 Å². The van der Waals surface area contributed by atoms with E-state index in [9.17, 15) is 9.59 Å². The third-order valence-electron chi connectivity index (χ3n) is 3.20. The van der Waals surface area contributed by atoms with Gasteiger partial charge in [-0.1, -0.05) is 47.5 Å². The number of para-hydroxylation sites is 1. The van der Waals surface area contributed by atoms with Crippen LogP contribution in [0.1, 0.15) is 5.56 Å². The van der Waals surface area contributed by atoms with Gasteiger partial charge in [0.15, 0.2) is 13.2 Å². The molecule has 2 aromatic carbocycles. The third kappa shape index (κ3) is 7.03. The molecule has 0 saturated heterocycles. The van der Waals surface area contributed by atoms with Gasteiger partial charge < -0.3 is 14.8 Å². The average molecular weight is 382 g/mol. The fourth-order valence-corrected chi connectivity index (χ4v) is 2.25. The van der Waals surface area contributed by atoms with Gasteiger partial charge in [0.25, 0.3) is 5.91 Å². The smallest absolute Gasteiger partial charge is 0.344 e. The zero-order chi connectivity index (χ0) is 18.1. The predicted molar refractivity (Wildman–Crippen MR) is 96.1 cm³/mol. The van der Waals surface area contributed by atoms with Crippen LogP contribution in [-0.4, -0.2) is 31.6 Å². The molecule has 0 unspecified atom stereocenters. The molecule has 1 N–H and O–H groups in total. The lowest BCUT2D eigenvalue weighted by Gasteiger charge is -2.09. The van der Waals surface area contributed by atoms with Crippen LogP contribution in [0.3, 0.4) is 0 Å². The van der Waals surface area contributed by atoms with Crippen LogP contribution in [0.15, 0.2) is 48.5 Å². The molecular weight excluding hydrogens is 365 g/mol. The molecule has 0 atom stereocenters. The van der Waals surface area contributed by atoms with Crippen molar-refractivity contribution in [1.29, 1.82) is 0 Å². The van der Waals surface area contributed by atoms with Crippen molar-refractivity contribution in [3.05, 3.63) is 64.1 Å². The van der Waals surface area contributed by atoms with E-state index >= 15 is 0 Å². The highest BCUT2D eigenvalue weighted by molar-refractivity contribution is 6.32. The minimum Gasteiger partial charge on any atom is -0.480 e. The van der Waals surface area contributed by atoms with Crippen molar-refractivity contribution < 1.29 is 19.1 Å². The summed E-state index contributed by atoms with van der Waals surface area (Å²) in [6.07, 6.45) is 0.659. The Labute approximate surface area is 155 Å². The van der Waals surface area contributed by atoms with E-state index < -0.39 is 5.97 Å². The Hall–Kier alpha value is -2.24. The van der Waals surface area contributed by atoms with E-state index in [0.717, 1.165) is 5.56 Å². The molecule has 0 aliphatic rings. The van der Waals surface area contributed by atoms with Crippen LogP contribution >= 0.6 is 23.2 Å². The first kappa shape index (κ1) is 19.1. The average Bonchev–Trinajstić information content (AvgIpc) is 2.61. The van der Waals surface area contributed by atoms with Crippen molar-refractivity contribution in [3.8, 4) is 5.75 Å². The first-order valence-electron chi connectivity index (χ1n) is 7.58. The van der Waals surface area contributed by atoms with E-state index in [1.54, 1.807) is 36.4 Å². The molecule has 132 valence electrons. The molecule has 0 radical (unpaired) electrons. The number of rotatable bonds is 8. The highest BCUT2D eigenvalue weighted by Gasteiger charge is 2.09. The lowest BCUT2D eigenvalue weighted by molar-refractivity contribution is -0.150. The number of halogens is 2. The van der Waals surface area contributed by atoms with Crippen LogP contribution < -0.4 is 10.1 Å². The summed E-state index contributed by atoms with van der Waals surface area (Å²) in [5.74, 6) is -0.638.